The summed E-state index contributed by atoms with van der Waals surface area (Å²) in [6, 6.07) is 6.29. The topological polar surface area (TPSA) is 50.9 Å². The van der Waals surface area contributed by atoms with Crippen molar-refractivity contribution in [3.05, 3.63) is 28.8 Å². The molecule has 1 aromatic carbocycles. The second-order valence-corrected chi connectivity index (χ2v) is 5.02. The number of hydrogen-bond acceptors (Lipinski definition) is 4. The average molecular weight is 268 g/mol. The zero-order valence-corrected chi connectivity index (χ0v) is 11.6. The van der Waals surface area contributed by atoms with Gasteiger partial charge in [-0.15, -0.1) is 0 Å². The molecule has 1 unspecified atom stereocenters. The molecule has 2 N–H and O–H groups in total. The largest absolute Gasteiger partial charge is 0.495 e. The fourth-order valence-corrected chi connectivity index (χ4v) is 2.56. The van der Waals surface area contributed by atoms with Crippen molar-refractivity contribution >= 4 is 17.6 Å². The molecule has 1 heterocycles. The van der Waals surface area contributed by atoms with E-state index >= 15 is 0 Å². The van der Waals surface area contributed by atoms with Gasteiger partial charge in [0.2, 0.25) is 0 Å². The van der Waals surface area contributed by atoms with Crippen molar-refractivity contribution in [2.45, 2.75) is 25.9 Å². The van der Waals surface area contributed by atoms with Crippen LogP contribution in [0.15, 0.2) is 23.2 Å². The molecule has 0 saturated carbocycles. The maximum atomic E-state index is 6.16. The molecule has 0 fully saturated rings. The van der Waals surface area contributed by atoms with Crippen LogP contribution in [0.5, 0.6) is 5.75 Å². The van der Waals surface area contributed by atoms with E-state index in [0.29, 0.717) is 29.3 Å². The van der Waals surface area contributed by atoms with Gasteiger partial charge >= 0.3 is 0 Å². The highest BCUT2D eigenvalue weighted by Gasteiger charge is 2.29. The molecule has 2 rings (SSSR count). The Morgan fingerprint density at radius 1 is 1.50 bits per heavy atom. The molecule has 98 valence electrons. The number of rotatable bonds is 3. The van der Waals surface area contributed by atoms with E-state index in [9.17, 15) is 0 Å². The van der Waals surface area contributed by atoms with Gasteiger partial charge in [0.25, 0.3) is 0 Å². The lowest BCUT2D eigenvalue weighted by molar-refractivity contribution is 0.290. The minimum absolute atomic E-state index is 0.161. The van der Waals surface area contributed by atoms with Crippen molar-refractivity contribution in [2.75, 3.05) is 13.7 Å². The van der Waals surface area contributed by atoms with E-state index in [0.717, 1.165) is 5.56 Å². The van der Waals surface area contributed by atoms with Crippen molar-refractivity contribution in [1.29, 1.82) is 0 Å². The molecule has 0 aromatic heterocycles. The SMILES string of the molecule is COc1ccc(C2CN=C(N)N2C(C)C)cc1Cl. The van der Waals surface area contributed by atoms with Gasteiger partial charge in [-0.2, -0.15) is 0 Å². The first kappa shape index (κ1) is 13.0. The third-order valence-corrected chi connectivity index (χ3v) is 3.44. The van der Waals surface area contributed by atoms with Crippen molar-refractivity contribution < 1.29 is 4.74 Å². The van der Waals surface area contributed by atoms with Crippen LogP contribution >= 0.6 is 11.6 Å². The summed E-state index contributed by atoms with van der Waals surface area (Å²) in [5, 5.41) is 0.615. The molecule has 0 amide bonds. The zero-order valence-electron chi connectivity index (χ0n) is 10.9. The highest BCUT2D eigenvalue weighted by Crippen LogP contribution is 2.32. The Bertz CT molecular complexity index is 473. The quantitative estimate of drug-likeness (QED) is 0.915. The maximum Gasteiger partial charge on any atom is 0.192 e. The molecule has 4 nitrogen and oxygen atoms in total. The van der Waals surface area contributed by atoms with Crippen molar-refractivity contribution in [2.24, 2.45) is 10.7 Å². The Hall–Kier alpha value is -1.42. The summed E-state index contributed by atoms with van der Waals surface area (Å²) in [4.78, 5) is 6.42. The molecular weight excluding hydrogens is 250 g/mol. The van der Waals surface area contributed by atoms with Gasteiger partial charge in [0.1, 0.15) is 5.75 Å². The van der Waals surface area contributed by atoms with Gasteiger partial charge in [-0.05, 0) is 31.5 Å². The molecule has 0 saturated heterocycles. The van der Waals surface area contributed by atoms with Gasteiger partial charge in [0, 0.05) is 6.04 Å². The Labute approximate surface area is 112 Å². The van der Waals surface area contributed by atoms with Crippen molar-refractivity contribution in [1.82, 2.24) is 4.90 Å². The predicted molar refractivity (Wildman–Crippen MR) is 74.2 cm³/mol. The van der Waals surface area contributed by atoms with E-state index in [4.69, 9.17) is 22.1 Å². The average Bonchev–Trinajstić information content (AvgIpc) is 2.71. The monoisotopic (exact) mass is 267 g/mol. The van der Waals surface area contributed by atoms with Crippen LogP contribution in [-0.2, 0) is 0 Å². The van der Waals surface area contributed by atoms with Gasteiger partial charge in [0.05, 0.1) is 24.7 Å². The normalized spacial score (nSPS) is 19.3. The highest BCUT2D eigenvalue weighted by atomic mass is 35.5. The van der Waals surface area contributed by atoms with Crippen LogP contribution < -0.4 is 10.5 Å². The molecule has 0 aliphatic carbocycles. The van der Waals surface area contributed by atoms with Crippen LogP contribution in [-0.4, -0.2) is 30.6 Å². The molecule has 1 aliphatic rings. The van der Waals surface area contributed by atoms with Crippen molar-refractivity contribution in [3.63, 3.8) is 0 Å². The summed E-state index contributed by atoms with van der Waals surface area (Å²) < 4.78 is 5.16. The Balaban J connectivity index is 2.30. The number of ether oxygens (including phenoxy) is 1. The molecule has 1 aromatic rings. The van der Waals surface area contributed by atoms with Gasteiger partial charge in [-0.3, -0.25) is 4.99 Å². The minimum Gasteiger partial charge on any atom is -0.495 e. The van der Waals surface area contributed by atoms with Crippen LogP contribution in [0.2, 0.25) is 5.02 Å². The van der Waals surface area contributed by atoms with E-state index in [1.54, 1.807) is 7.11 Å². The summed E-state index contributed by atoms with van der Waals surface area (Å²) >= 11 is 6.16. The van der Waals surface area contributed by atoms with E-state index < -0.39 is 0 Å². The summed E-state index contributed by atoms with van der Waals surface area (Å²) in [6.45, 7) is 4.88. The molecule has 0 bridgehead atoms. The smallest absolute Gasteiger partial charge is 0.192 e. The molecule has 1 atom stereocenters. The number of halogens is 1. The number of aliphatic imine (C=N–C) groups is 1. The third-order valence-electron chi connectivity index (χ3n) is 3.14. The lowest BCUT2D eigenvalue weighted by Gasteiger charge is -2.30. The van der Waals surface area contributed by atoms with Crippen LogP contribution in [0.25, 0.3) is 0 Å². The predicted octanol–water partition coefficient (Wildman–Crippen LogP) is 2.43. The fourth-order valence-electron chi connectivity index (χ4n) is 2.29. The summed E-state index contributed by atoms with van der Waals surface area (Å²) in [5.74, 6) is 1.28. The number of benzene rings is 1. The van der Waals surface area contributed by atoms with Gasteiger partial charge in [0.15, 0.2) is 5.96 Å². The Kier molecular flexibility index (Phi) is 3.66. The molecule has 0 spiro atoms. The molecule has 18 heavy (non-hydrogen) atoms. The highest BCUT2D eigenvalue weighted by molar-refractivity contribution is 6.32. The lowest BCUT2D eigenvalue weighted by atomic mass is 10.0. The minimum atomic E-state index is 0.161. The zero-order chi connectivity index (χ0) is 13.3. The van der Waals surface area contributed by atoms with Gasteiger partial charge in [-0.1, -0.05) is 17.7 Å². The van der Waals surface area contributed by atoms with Crippen LogP contribution in [0.4, 0.5) is 0 Å². The van der Waals surface area contributed by atoms with Crippen molar-refractivity contribution in [3.8, 4) is 5.75 Å². The summed E-state index contributed by atoms with van der Waals surface area (Å²) in [7, 11) is 1.61. The van der Waals surface area contributed by atoms with Gasteiger partial charge in [-0.25, -0.2) is 0 Å². The number of nitrogens with zero attached hydrogens (tertiary/aromatic N) is 2. The van der Waals surface area contributed by atoms with E-state index in [2.05, 4.69) is 23.7 Å². The summed E-state index contributed by atoms with van der Waals surface area (Å²) in [5.41, 5.74) is 7.03. The molecular formula is C13H18ClN3O. The second kappa shape index (κ2) is 5.06. The Morgan fingerprint density at radius 2 is 2.22 bits per heavy atom. The van der Waals surface area contributed by atoms with E-state index in [1.807, 2.05) is 18.2 Å². The number of hydrogen-bond donors (Lipinski definition) is 1. The maximum absolute atomic E-state index is 6.16. The molecule has 1 aliphatic heterocycles. The van der Waals surface area contributed by atoms with Crippen LogP contribution in [0.3, 0.4) is 0 Å². The first-order chi connectivity index (χ1) is 8.54. The number of nitrogens with two attached hydrogens (primary N) is 1. The molecule has 5 heteroatoms. The molecule has 0 radical (unpaired) electrons. The number of methoxy groups -OCH3 is 1. The van der Waals surface area contributed by atoms with Crippen LogP contribution in [0.1, 0.15) is 25.5 Å². The lowest BCUT2D eigenvalue weighted by Crippen LogP contribution is -2.40. The first-order valence-corrected chi connectivity index (χ1v) is 6.34. The summed E-state index contributed by atoms with van der Waals surface area (Å²) in [6.07, 6.45) is 0. The Morgan fingerprint density at radius 3 is 2.78 bits per heavy atom. The third kappa shape index (κ3) is 2.25. The second-order valence-electron chi connectivity index (χ2n) is 4.61. The van der Waals surface area contributed by atoms with E-state index in [-0.39, 0.29) is 6.04 Å². The van der Waals surface area contributed by atoms with Gasteiger partial charge < -0.3 is 15.4 Å². The standard InChI is InChI=1S/C13H18ClN3O/c1-8(2)17-11(7-16-13(17)15)9-4-5-12(18-3)10(14)6-9/h4-6,8,11H,7H2,1-3H3,(H2,15,16). The van der Waals surface area contributed by atoms with E-state index in [1.165, 1.54) is 0 Å². The fraction of sp³-hybridized carbons (Fsp3) is 0.462. The van der Waals surface area contributed by atoms with Crippen LogP contribution in [0, 0.1) is 0 Å². The number of guanidine groups is 1. The first-order valence-electron chi connectivity index (χ1n) is 5.96.